The van der Waals surface area contributed by atoms with Gasteiger partial charge in [-0.15, -0.1) is 0 Å². The Balaban J connectivity index is 1.60. The molecule has 1 N–H and O–H groups in total. The fraction of sp³-hybridized carbons (Fsp3) is 0.316. The van der Waals surface area contributed by atoms with Crippen LogP contribution < -0.4 is 5.32 Å². The standard InChI is InChI=1S/C19H22ClN5O/c1-13-9-14(2)25(23-13)12-16-5-4-6-17(10-16)22-19(26)7-8-24-15(3)18(20)11-21-24/h4-6,9-11H,7-8,12H2,1-3H3,(H,22,26). The molecule has 0 saturated heterocycles. The summed E-state index contributed by atoms with van der Waals surface area (Å²) in [5.41, 5.74) is 4.85. The fourth-order valence-corrected chi connectivity index (χ4v) is 2.98. The van der Waals surface area contributed by atoms with Crippen LogP contribution in [0.2, 0.25) is 5.02 Å². The molecule has 3 aromatic rings. The largest absolute Gasteiger partial charge is 0.326 e. The maximum Gasteiger partial charge on any atom is 0.226 e. The Hall–Kier alpha value is -2.60. The molecule has 0 aliphatic heterocycles. The van der Waals surface area contributed by atoms with Crippen molar-refractivity contribution in [2.45, 2.75) is 40.3 Å². The van der Waals surface area contributed by atoms with Crippen molar-refractivity contribution in [1.29, 1.82) is 0 Å². The summed E-state index contributed by atoms with van der Waals surface area (Å²) in [5, 5.41) is 12.2. The average Bonchev–Trinajstić information content (AvgIpc) is 3.08. The van der Waals surface area contributed by atoms with E-state index in [1.807, 2.05) is 49.7 Å². The number of carbonyl (C=O) groups excluding carboxylic acids is 1. The van der Waals surface area contributed by atoms with Crippen LogP contribution in [0.3, 0.4) is 0 Å². The highest BCUT2D eigenvalue weighted by Gasteiger charge is 2.08. The van der Waals surface area contributed by atoms with Crippen LogP contribution in [-0.4, -0.2) is 25.5 Å². The number of hydrogen-bond donors (Lipinski definition) is 1. The minimum absolute atomic E-state index is 0.0562. The molecule has 6 nitrogen and oxygen atoms in total. The lowest BCUT2D eigenvalue weighted by atomic mass is 10.2. The zero-order valence-electron chi connectivity index (χ0n) is 15.2. The third-order valence-corrected chi connectivity index (χ3v) is 4.61. The Morgan fingerprint density at radius 3 is 2.65 bits per heavy atom. The van der Waals surface area contributed by atoms with Crippen molar-refractivity contribution in [3.05, 3.63) is 64.2 Å². The van der Waals surface area contributed by atoms with Crippen LogP contribution in [0.5, 0.6) is 0 Å². The van der Waals surface area contributed by atoms with Crippen LogP contribution >= 0.6 is 11.6 Å². The van der Waals surface area contributed by atoms with E-state index < -0.39 is 0 Å². The van der Waals surface area contributed by atoms with Gasteiger partial charge in [0.25, 0.3) is 0 Å². The van der Waals surface area contributed by atoms with E-state index in [0.29, 0.717) is 24.5 Å². The van der Waals surface area contributed by atoms with Crippen molar-refractivity contribution in [3.63, 3.8) is 0 Å². The van der Waals surface area contributed by atoms with Crippen LogP contribution in [0.25, 0.3) is 0 Å². The summed E-state index contributed by atoms with van der Waals surface area (Å²) in [7, 11) is 0. The highest BCUT2D eigenvalue weighted by atomic mass is 35.5. The maximum atomic E-state index is 12.2. The zero-order chi connectivity index (χ0) is 18.7. The molecule has 2 aromatic heterocycles. The van der Waals surface area contributed by atoms with Crippen molar-refractivity contribution in [2.75, 3.05) is 5.32 Å². The minimum atomic E-state index is -0.0562. The molecule has 1 amide bonds. The highest BCUT2D eigenvalue weighted by molar-refractivity contribution is 6.31. The molecular formula is C19H22ClN5O. The molecule has 3 rings (SSSR count). The van der Waals surface area contributed by atoms with Crippen molar-refractivity contribution >= 4 is 23.2 Å². The number of nitrogens with one attached hydrogen (secondary N) is 1. The lowest BCUT2D eigenvalue weighted by molar-refractivity contribution is -0.116. The summed E-state index contributed by atoms with van der Waals surface area (Å²) >= 11 is 5.98. The molecule has 0 fully saturated rings. The predicted molar refractivity (Wildman–Crippen MR) is 102 cm³/mol. The molecule has 7 heteroatoms. The molecule has 1 aromatic carbocycles. The summed E-state index contributed by atoms with van der Waals surface area (Å²) in [6, 6.07) is 9.88. The number of anilines is 1. The van der Waals surface area contributed by atoms with Crippen LogP contribution in [0.1, 0.15) is 29.1 Å². The Labute approximate surface area is 157 Å². The Morgan fingerprint density at radius 2 is 2.00 bits per heavy atom. The van der Waals surface area contributed by atoms with Gasteiger partial charge in [0.2, 0.25) is 5.91 Å². The number of halogens is 1. The number of benzene rings is 1. The van der Waals surface area contributed by atoms with Crippen molar-refractivity contribution in [3.8, 4) is 0 Å². The first-order chi connectivity index (χ1) is 12.4. The summed E-state index contributed by atoms with van der Waals surface area (Å²) in [4.78, 5) is 12.2. The van der Waals surface area contributed by atoms with Crippen LogP contribution in [0.4, 0.5) is 5.69 Å². The van der Waals surface area contributed by atoms with E-state index in [1.54, 1.807) is 10.9 Å². The summed E-state index contributed by atoms with van der Waals surface area (Å²) < 4.78 is 3.70. The van der Waals surface area contributed by atoms with E-state index in [4.69, 9.17) is 11.6 Å². The van der Waals surface area contributed by atoms with E-state index >= 15 is 0 Å². The maximum absolute atomic E-state index is 12.2. The molecule has 0 bridgehead atoms. The van der Waals surface area contributed by atoms with Crippen LogP contribution in [0.15, 0.2) is 36.5 Å². The molecule has 0 radical (unpaired) electrons. The molecular weight excluding hydrogens is 350 g/mol. The fourth-order valence-electron chi connectivity index (χ4n) is 2.84. The van der Waals surface area contributed by atoms with Gasteiger partial charge < -0.3 is 5.32 Å². The van der Waals surface area contributed by atoms with Crippen LogP contribution in [0, 0.1) is 20.8 Å². The third-order valence-electron chi connectivity index (χ3n) is 4.24. The molecule has 0 spiro atoms. The molecule has 0 aliphatic carbocycles. The SMILES string of the molecule is Cc1cc(C)n(Cc2cccc(NC(=O)CCn3ncc(Cl)c3C)c2)n1. The first-order valence-corrected chi connectivity index (χ1v) is 8.88. The molecule has 136 valence electrons. The topological polar surface area (TPSA) is 64.7 Å². The Bertz CT molecular complexity index is 928. The van der Waals surface area contributed by atoms with Gasteiger partial charge in [0.15, 0.2) is 0 Å². The van der Waals surface area contributed by atoms with Gasteiger partial charge in [-0.3, -0.25) is 14.2 Å². The van der Waals surface area contributed by atoms with Gasteiger partial charge in [0.1, 0.15) is 0 Å². The second-order valence-corrected chi connectivity index (χ2v) is 6.79. The number of nitrogens with zero attached hydrogens (tertiary/aromatic N) is 4. The van der Waals surface area contributed by atoms with E-state index in [1.165, 1.54) is 0 Å². The molecule has 26 heavy (non-hydrogen) atoms. The normalized spacial score (nSPS) is 10.9. The second-order valence-electron chi connectivity index (χ2n) is 6.38. The van der Waals surface area contributed by atoms with Gasteiger partial charge in [-0.25, -0.2) is 0 Å². The van der Waals surface area contributed by atoms with Gasteiger partial charge in [-0.2, -0.15) is 10.2 Å². The first-order valence-electron chi connectivity index (χ1n) is 8.50. The van der Waals surface area contributed by atoms with Gasteiger partial charge in [-0.1, -0.05) is 23.7 Å². The van der Waals surface area contributed by atoms with E-state index in [2.05, 4.69) is 21.6 Å². The Morgan fingerprint density at radius 1 is 1.19 bits per heavy atom. The summed E-state index contributed by atoms with van der Waals surface area (Å²) in [6.45, 7) is 7.07. The van der Waals surface area contributed by atoms with Crippen molar-refractivity contribution in [2.24, 2.45) is 0 Å². The number of rotatable bonds is 6. The zero-order valence-corrected chi connectivity index (χ0v) is 15.9. The molecule has 0 atom stereocenters. The van der Waals surface area contributed by atoms with Crippen molar-refractivity contribution < 1.29 is 4.79 Å². The van der Waals surface area contributed by atoms with E-state index in [-0.39, 0.29) is 5.91 Å². The van der Waals surface area contributed by atoms with E-state index in [0.717, 1.165) is 28.3 Å². The number of carbonyl (C=O) groups is 1. The third kappa shape index (κ3) is 4.32. The van der Waals surface area contributed by atoms with Gasteiger partial charge in [0.05, 0.1) is 35.7 Å². The second kappa shape index (κ2) is 7.74. The quantitative estimate of drug-likeness (QED) is 0.717. The number of aryl methyl sites for hydroxylation is 3. The monoisotopic (exact) mass is 371 g/mol. The molecule has 2 heterocycles. The lowest BCUT2D eigenvalue weighted by Gasteiger charge is -2.09. The number of aromatic nitrogens is 4. The highest BCUT2D eigenvalue weighted by Crippen LogP contribution is 2.15. The van der Waals surface area contributed by atoms with Gasteiger partial charge >= 0.3 is 0 Å². The number of hydrogen-bond acceptors (Lipinski definition) is 3. The predicted octanol–water partition coefficient (Wildman–Crippen LogP) is 3.74. The smallest absolute Gasteiger partial charge is 0.226 e. The lowest BCUT2D eigenvalue weighted by Crippen LogP contribution is -2.15. The summed E-state index contributed by atoms with van der Waals surface area (Å²) in [5.74, 6) is -0.0562. The Kier molecular flexibility index (Phi) is 5.42. The average molecular weight is 372 g/mol. The number of amides is 1. The first kappa shape index (κ1) is 18.2. The van der Waals surface area contributed by atoms with E-state index in [9.17, 15) is 4.79 Å². The van der Waals surface area contributed by atoms with Crippen molar-refractivity contribution in [1.82, 2.24) is 19.6 Å². The molecule has 0 unspecified atom stereocenters. The molecule has 0 aliphatic rings. The van der Waals surface area contributed by atoms with Gasteiger partial charge in [0, 0.05) is 17.8 Å². The molecule has 0 saturated carbocycles. The summed E-state index contributed by atoms with van der Waals surface area (Å²) in [6.07, 6.45) is 1.93. The van der Waals surface area contributed by atoms with Crippen LogP contribution in [-0.2, 0) is 17.9 Å². The van der Waals surface area contributed by atoms with Gasteiger partial charge in [-0.05, 0) is 44.5 Å². The minimum Gasteiger partial charge on any atom is -0.326 e.